The van der Waals surface area contributed by atoms with Crippen LogP contribution < -0.4 is 10.6 Å². The van der Waals surface area contributed by atoms with Gasteiger partial charge < -0.3 is 20.3 Å². The molecule has 0 aromatic rings. The maximum Gasteiger partial charge on any atom is 0.236 e. The summed E-state index contributed by atoms with van der Waals surface area (Å²) in [6.45, 7) is 8.72. The highest BCUT2D eigenvalue weighted by atomic mass is 16.5. The zero-order valence-corrected chi connectivity index (χ0v) is 12.6. The van der Waals surface area contributed by atoms with Crippen molar-refractivity contribution in [2.24, 2.45) is 0 Å². The van der Waals surface area contributed by atoms with Gasteiger partial charge in [0.25, 0.3) is 0 Å². The molecule has 1 aliphatic rings. The van der Waals surface area contributed by atoms with Crippen LogP contribution in [0, 0.1) is 0 Å². The summed E-state index contributed by atoms with van der Waals surface area (Å²) in [5, 5.41) is 6.32. The number of ether oxygens (including phenoxy) is 1. The number of hydrogen-bond donors (Lipinski definition) is 2. The number of methoxy groups -OCH3 is 1. The summed E-state index contributed by atoms with van der Waals surface area (Å²) in [4.78, 5) is 14.3. The number of nitrogens with one attached hydrogen (secondary N) is 2. The summed E-state index contributed by atoms with van der Waals surface area (Å²) >= 11 is 0. The van der Waals surface area contributed by atoms with Crippen molar-refractivity contribution >= 4 is 5.91 Å². The Kier molecular flexibility index (Phi) is 8.02. The molecule has 112 valence electrons. The molecule has 1 amide bonds. The van der Waals surface area contributed by atoms with Gasteiger partial charge in [0.15, 0.2) is 0 Å². The Bertz CT molecular complexity index is 261. The second-order valence-electron chi connectivity index (χ2n) is 5.23. The molecule has 2 atom stereocenters. The van der Waals surface area contributed by atoms with Crippen LogP contribution >= 0.6 is 0 Å². The van der Waals surface area contributed by atoms with Crippen molar-refractivity contribution in [3.05, 3.63) is 0 Å². The van der Waals surface area contributed by atoms with E-state index in [1.54, 1.807) is 7.11 Å². The molecule has 0 aromatic carbocycles. The molecule has 0 aliphatic carbocycles. The van der Waals surface area contributed by atoms with Gasteiger partial charge in [0.1, 0.15) is 0 Å². The van der Waals surface area contributed by atoms with Crippen molar-refractivity contribution in [3.63, 3.8) is 0 Å². The second-order valence-corrected chi connectivity index (χ2v) is 5.23. The third kappa shape index (κ3) is 6.36. The van der Waals surface area contributed by atoms with E-state index in [1.807, 2.05) is 6.92 Å². The van der Waals surface area contributed by atoms with Gasteiger partial charge in [-0.2, -0.15) is 0 Å². The monoisotopic (exact) mass is 271 g/mol. The lowest BCUT2D eigenvalue weighted by atomic mass is 10.1. The van der Waals surface area contributed by atoms with Crippen LogP contribution in [0.25, 0.3) is 0 Å². The van der Waals surface area contributed by atoms with Crippen LogP contribution in [0.1, 0.15) is 33.1 Å². The molecule has 0 radical (unpaired) electrons. The summed E-state index contributed by atoms with van der Waals surface area (Å²) in [5.41, 5.74) is 0. The van der Waals surface area contributed by atoms with E-state index in [-0.39, 0.29) is 11.9 Å². The van der Waals surface area contributed by atoms with Crippen molar-refractivity contribution in [2.45, 2.75) is 45.2 Å². The van der Waals surface area contributed by atoms with Crippen LogP contribution in [0.5, 0.6) is 0 Å². The molecular weight excluding hydrogens is 242 g/mol. The normalized spacial score (nSPS) is 22.8. The standard InChI is InChI=1S/C14H29N3O2/c1-4-17-9-5-6-13(7-10-17)16-12(2)14(18)15-8-11-19-3/h12-13,16H,4-11H2,1-3H3,(H,15,18). The smallest absolute Gasteiger partial charge is 0.236 e. The molecule has 5 heteroatoms. The van der Waals surface area contributed by atoms with Crippen LogP contribution in [-0.2, 0) is 9.53 Å². The Balaban J connectivity index is 2.27. The van der Waals surface area contributed by atoms with E-state index in [0.717, 1.165) is 25.9 Å². The molecule has 19 heavy (non-hydrogen) atoms. The van der Waals surface area contributed by atoms with Gasteiger partial charge in [-0.25, -0.2) is 0 Å². The summed E-state index contributed by atoms with van der Waals surface area (Å²) in [6.07, 6.45) is 3.50. The summed E-state index contributed by atoms with van der Waals surface area (Å²) < 4.78 is 4.92. The van der Waals surface area contributed by atoms with E-state index < -0.39 is 0 Å². The fourth-order valence-corrected chi connectivity index (χ4v) is 2.50. The van der Waals surface area contributed by atoms with E-state index in [4.69, 9.17) is 4.74 Å². The van der Waals surface area contributed by atoms with Gasteiger partial charge in [0.05, 0.1) is 12.6 Å². The maximum absolute atomic E-state index is 11.9. The van der Waals surface area contributed by atoms with Gasteiger partial charge in [-0.1, -0.05) is 6.92 Å². The zero-order valence-electron chi connectivity index (χ0n) is 12.6. The Morgan fingerprint density at radius 3 is 2.89 bits per heavy atom. The number of amides is 1. The number of carbonyl (C=O) groups excluding carboxylic acids is 1. The Morgan fingerprint density at radius 1 is 1.42 bits per heavy atom. The minimum absolute atomic E-state index is 0.0636. The fraction of sp³-hybridized carbons (Fsp3) is 0.929. The van der Waals surface area contributed by atoms with Crippen molar-refractivity contribution in [2.75, 3.05) is 39.9 Å². The topological polar surface area (TPSA) is 53.6 Å². The van der Waals surface area contributed by atoms with Crippen molar-refractivity contribution in [1.29, 1.82) is 0 Å². The van der Waals surface area contributed by atoms with Crippen LogP contribution in [0.15, 0.2) is 0 Å². The van der Waals surface area contributed by atoms with E-state index in [2.05, 4.69) is 22.5 Å². The van der Waals surface area contributed by atoms with Gasteiger partial charge in [-0.15, -0.1) is 0 Å². The maximum atomic E-state index is 11.9. The minimum Gasteiger partial charge on any atom is -0.383 e. The Morgan fingerprint density at radius 2 is 2.21 bits per heavy atom. The third-order valence-corrected chi connectivity index (χ3v) is 3.75. The molecule has 0 saturated carbocycles. The molecule has 1 rings (SSSR count). The van der Waals surface area contributed by atoms with Gasteiger partial charge in [0.2, 0.25) is 5.91 Å². The highest BCUT2D eigenvalue weighted by molar-refractivity contribution is 5.81. The molecule has 0 spiro atoms. The Labute approximate surface area is 117 Å². The van der Waals surface area contributed by atoms with Crippen LogP contribution in [0.3, 0.4) is 0 Å². The average molecular weight is 271 g/mol. The first-order chi connectivity index (χ1) is 9.17. The first kappa shape index (κ1) is 16.4. The summed E-state index contributed by atoms with van der Waals surface area (Å²) in [5.74, 6) is 0.0636. The first-order valence-corrected chi connectivity index (χ1v) is 7.42. The first-order valence-electron chi connectivity index (χ1n) is 7.42. The number of nitrogens with zero attached hydrogens (tertiary/aromatic N) is 1. The van der Waals surface area contributed by atoms with Gasteiger partial charge >= 0.3 is 0 Å². The fourth-order valence-electron chi connectivity index (χ4n) is 2.50. The SMILES string of the molecule is CCN1CCCC(NC(C)C(=O)NCCOC)CC1. The molecule has 1 heterocycles. The largest absolute Gasteiger partial charge is 0.383 e. The molecule has 1 fully saturated rings. The molecule has 0 bridgehead atoms. The van der Waals surface area contributed by atoms with Crippen LogP contribution in [-0.4, -0.2) is 62.8 Å². The lowest BCUT2D eigenvalue weighted by Crippen LogP contribution is -2.47. The lowest BCUT2D eigenvalue weighted by molar-refractivity contribution is -0.123. The number of likely N-dealkylation sites (tertiary alicyclic amines) is 1. The zero-order chi connectivity index (χ0) is 14.1. The number of carbonyl (C=O) groups is 1. The van der Waals surface area contributed by atoms with E-state index in [1.165, 1.54) is 13.0 Å². The van der Waals surface area contributed by atoms with Crippen molar-refractivity contribution < 1.29 is 9.53 Å². The molecule has 2 unspecified atom stereocenters. The van der Waals surface area contributed by atoms with Gasteiger partial charge in [-0.3, -0.25) is 4.79 Å². The van der Waals surface area contributed by atoms with Crippen LogP contribution in [0.4, 0.5) is 0 Å². The molecule has 0 aromatic heterocycles. The molecular formula is C14H29N3O2. The van der Waals surface area contributed by atoms with E-state index in [0.29, 0.717) is 19.2 Å². The summed E-state index contributed by atoms with van der Waals surface area (Å²) in [7, 11) is 1.64. The number of hydrogen-bond acceptors (Lipinski definition) is 4. The Hall–Kier alpha value is -0.650. The van der Waals surface area contributed by atoms with E-state index in [9.17, 15) is 4.79 Å². The predicted molar refractivity (Wildman–Crippen MR) is 77.2 cm³/mol. The molecule has 2 N–H and O–H groups in total. The van der Waals surface area contributed by atoms with Crippen molar-refractivity contribution in [3.8, 4) is 0 Å². The minimum atomic E-state index is -0.130. The van der Waals surface area contributed by atoms with E-state index >= 15 is 0 Å². The summed E-state index contributed by atoms with van der Waals surface area (Å²) in [6, 6.07) is 0.328. The van der Waals surface area contributed by atoms with Crippen molar-refractivity contribution in [1.82, 2.24) is 15.5 Å². The molecule has 5 nitrogen and oxygen atoms in total. The number of rotatable bonds is 7. The third-order valence-electron chi connectivity index (χ3n) is 3.75. The lowest BCUT2D eigenvalue weighted by Gasteiger charge is -2.22. The highest BCUT2D eigenvalue weighted by Gasteiger charge is 2.20. The van der Waals surface area contributed by atoms with Crippen LogP contribution in [0.2, 0.25) is 0 Å². The highest BCUT2D eigenvalue weighted by Crippen LogP contribution is 2.11. The molecule has 1 aliphatic heterocycles. The quantitative estimate of drug-likeness (QED) is 0.666. The van der Waals surface area contributed by atoms with Gasteiger partial charge in [-0.05, 0) is 45.8 Å². The predicted octanol–water partition coefficient (Wildman–Crippen LogP) is 0.602. The second kappa shape index (κ2) is 9.28. The van der Waals surface area contributed by atoms with Gasteiger partial charge in [0, 0.05) is 19.7 Å². The molecule has 1 saturated heterocycles. The average Bonchev–Trinajstić information content (AvgIpc) is 2.64.